The molecule has 0 unspecified atom stereocenters. The monoisotopic (exact) mass is 476 g/mol. The standard InChI is InChI=1S/C23H16N4O6S/c28-21(14-34-23-25-18-6-2-4-8-20(18)33-23)26-24-13-15-9-11-16(12-10-15)32-22(29)17-5-1-3-7-19(17)27(30)31/h1-13H,14H2,(H,26,28)/b24-13-. The lowest BCUT2D eigenvalue weighted by Gasteiger charge is -2.05. The van der Waals surface area contributed by atoms with Crippen molar-refractivity contribution in [3.8, 4) is 5.75 Å². The Labute approximate surface area is 196 Å². The number of hydrogen-bond donors (Lipinski definition) is 1. The van der Waals surface area contributed by atoms with E-state index < -0.39 is 10.9 Å². The Morgan fingerprint density at radius 2 is 1.82 bits per heavy atom. The minimum atomic E-state index is -0.836. The molecule has 11 heteroatoms. The quantitative estimate of drug-likeness (QED) is 0.0998. The number of aromatic nitrogens is 1. The number of carbonyl (C=O) groups is 2. The van der Waals surface area contributed by atoms with Gasteiger partial charge >= 0.3 is 5.97 Å². The summed E-state index contributed by atoms with van der Waals surface area (Å²) in [5, 5.41) is 15.4. The molecular formula is C23H16N4O6S. The van der Waals surface area contributed by atoms with E-state index in [1.54, 1.807) is 18.2 Å². The fraction of sp³-hybridized carbons (Fsp3) is 0.0435. The van der Waals surface area contributed by atoms with Gasteiger partial charge in [-0.3, -0.25) is 14.9 Å². The number of carbonyl (C=O) groups excluding carboxylic acids is 2. The van der Waals surface area contributed by atoms with Gasteiger partial charge in [0.15, 0.2) is 5.58 Å². The lowest BCUT2D eigenvalue weighted by Crippen LogP contribution is -2.19. The minimum absolute atomic E-state index is 0.0741. The van der Waals surface area contributed by atoms with Crippen LogP contribution in [0.15, 0.2) is 87.5 Å². The SMILES string of the molecule is O=C(CSc1nc2ccccc2o1)N/N=C\c1ccc(OC(=O)c2ccccc2[N+](=O)[O-])cc1. The van der Waals surface area contributed by atoms with Gasteiger partial charge < -0.3 is 9.15 Å². The molecule has 1 amide bonds. The van der Waals surface area contributed by atoms with Crippen LogP contribution < -0.4 is 10.2 Å². The smallest absolute Gasteiger partial charge is 0.350 e. The summed E-state index contributed by atoms with van der Waals surface area (Å²) in [6.45, 7) is 0. The van der Waals surface area contributed by atoms with Crippen LogP contribution in [0, 0.1) is 10.1 Å². The number of oxazole rings is 1. The number of benzene rings is 3. The number of hydrazone groups is 1. The van der Waals surface area contributed by atoms with Crippen LogP contribution in [0.25, 0.3) is 11.1 Å². The first-order valence-electron chi connectivity index (χ1n) is 9.85. The van der Waals surface area contributed by atoms with Crippen molar-refractivity contribution in [2.24, 2.45) is 5.10 Å². The van der Waals surface area contributed by atoms with E-state index >= 15 is 0 Å². The summed E-state index contributed by atoms with van der Waals surface area (Å²) in [6, 6.07) is 19.1. The topological polar surface area (TPSA) is 137 Å². The second-order valence-electron chi connectivity index (χ2n) is 6.76. The fourth-order valence-corrected chi connectivity index (χ4v) is 3.47. The Balaban J connectivity index is 1.27. The van der Waals surface area contributed by atoms with Gasteiger partial charge in [0, 0.05) is 6.07 Å². The number of thioether (sulfide) groups is 1. The van der Waals surface area contributed by atoms with Crippen molar-refractivity contribution >= 4 is 46.6 Å². The van der Waals surface area contributed by atoms with Crippen LogP contribution in [0.5, 0.6) is 5.75 Å². The maximum Gasteiger partial charge on any atom is 0.350 e. The van der Waals surface area contributed by atoms with E-state index in [-0.39, 0.29) is 28.7 Å². The third kappa shape index (κ3) is 5.64. The molecule has 0 aliphatic rings. The normalized spacial score (nSPS) is 10.9. The fourth-order valence-electron chi connectivity index (χ4n) is 2.84. The van der Waals surface area contributed by atoms with Crippen molar-refractivity contribution in [3.05, 3.63) is 94.0 Å². The van der Waals surface area contributed by atoms with Crippen molar-refractivity contribution < 1.29 is 23.7 Å². The predicted octanol–water partition coefficient (Wildman–Crippen LogP) is 4.20. The van der Waals surface area contributed by atoms with Gasteiger partial charge in [-0.1, -0.05) is 36.0 Å². The maximum absolute atomic E-state index is 12.3. The molecule has 4 aromatic rings. The lowest BCUT2D eigenvalue weighted by molar-refractivity contribution is -0.385. The molecule has 0 atom stereocenters. The number of hydrogen-bond acceptors (Lipinski definition) is 9. The molecule has 170 valence electrons. The molecule has 0 saturated carbocycles. The van der Waals surface area contributed by atoms with Crippen molar-refractivity contribution in [2.45, 2.75) is 5.22 Å². The van der Waals surface area contributed by atoms with Crippen LogP contribution in [0.3, 0.4) is 0 Å². The first-order chi connectivity index (χ1) is 16.5. The Morgan fingerprint density at radius 3 is 2.59 bits per heavy atom. The number of para-hydroxylation sites is 3. The van der Waals surface area contributed by atoms with Gasteiger partial charge in [0.2, 0.25) is 0 Å². The molecule has 10 nitrogen and oxygen atoms in total. The molecule has 1 heterocycles. The molecule has 0 saturated heterocycles. The molecule has 1 aromatic heterocycles. The van der Waals surface area contributed by atoms with E-state index in [0.29, 0.717) is 16.4 Å². The largest absolute Gasteiger partial charge is 0.431 e. The summed E-state index contributed by atoms with van der Waals surface area (Å²) in [4.78, 5) is 39.0. The highest BCUT2D eigenvalue weighted by Crippen LogP contribution is 2.23. The van der Waals surface area contributed by atoms with E-state index in [9.17, 15) is 19.7 Å². The number of esters is 1. The van der Waals surface area contributed by atoms with Gasteiger partial charge in [0.25, 0.3) is 16.8 Å². The van der Waals surface area contributed by atoms with Crippen LogP contribution >= 0.6 is 11.8 Å². The number of fused-ring (bicyclic) bond motifs is 1. The van der Waals surface area contributed by atoms with Crippen molar-refractivity contribution in [1.29, 1.82) is 0 Å². The van der Waals surface area contributed by atoms with Gasteiger partial charge in [0.1, 0.15) is 16.8 Å². The second kappa shape index (κ2) is 10.4. The van der Waals surface area contributed by atoms with E-state index in [0.717, 1.165) is 17.3 Å². The summed E-state index contributed by atoms with van der Waals surface area (Å²) in [7, 11) is 0. The molecule has 0 aliphatic carbocycles. The highest BCUT2D eigenvalue weighted by molar-refractivity contribution is 7.99. The second-order valence-corrected chi connectivity index (χ2v) is 7.69. The van der Waals surface area contributed by atoms with Crippen LogP contribution in [0.4, 0.5) is 5.69 Å². The highest BCUT2D eigenvalue weighted by atomic mass is 32.2. The average Bonchev–Trinajstić information content (AvgIpc) is 3.27. The lowest BCUT2D eigenvalue weighted by atomic mass is 10.2. The average molecular weight is 476 g/mol. The van der Waals surface area contributed by atoms with Gasteiger partial charge in [-0.25, -0.2) is 15.2 Å². The number of ether oxygens (including phenoxy) is 1. The van der Waals surface area contributed by atoms with E-state index in [1.165, 1.54) is 42.6 Å². The zero-order valence-corrected chi connectivity index (χ0v) is 18.2. The van der Waals surface area contributed by atoms with E-state index in [4.69, 9.17) is 9.15 Å². The molecule has 0 spiro atoms. The summed E-state index contributed by atoms with van der Waals surface area (Å²) >= 11 is 1.15. The zero-order chi connectivity index (χ0) is 23.9. The number of nitro groups is 1. The number of nitrogens with one attached hydrogen (secondary N) is 1. The zero-order valence-electron chi connectivity index (χ0n) is 17.4. The summed E-state index contributed by atoms with van der Waals surface area (Å²) in [5.74, 6) is -0.889. The van der Waals surface area contributed by atoms with Gasteiger partial charge in [0.05, 0.1) is 16.9 Å². The van der Waals surface area contributed by atoms with Gasteiger partial charge in [-0.2, -0.15) is 5.10 Å². The van der Waals surface area contributed by atoms with Crippen LogP contribution in [-0.2, 0) is 4.79 Å². The van der Waals surface area contributed by atoms with E-state index in [2.05, 4.69) is 15.5 Å². The van der Waals surface area contributed by atoms with Crippen LogP contribution in [0.1, 0.15) is 15.9 Å². The molecule has 0 aliphatic heterocycles. The number of amides is 1. The van der Waals surface area contributed by atoms with Crippen molar-refractivity contribution in [3.63, 3.8) is 0 Å². The summed E-state index contributed by atoms with van der Waals surface area (Å²) in [6.07, 6.45) is 1.43. The molecule has 3 aromatic carbocycles. The number of nitrogens with zero attached hydrogens (tertiary/aromatic N) is 3. The molecule has 34 heavy (non-hydrogen) atoms. The van der Waals surface area contributed by atoms with Gasteiger partial charge in [-0.05, 0) is 48.0 Å². The first-order valence-corrected chi connectivity index (χ1v) is 10.8. The maximum atomic E-state index is 12.3. The number of rotatable bonds is 8. The molecule has 4 rings (SSSR count). The summed E-state index contributed by atoms with van der Waals surface area (Å²) < 4.78 is 10.8. The van der Waals surface area contributed by atoms with Gasteiger partial charge in [-0.15, -0.1) is 0 Å². The Kier molecular flexibility index (Phi) is 6.94. The third-order valence-corrected chi connectivity index (χ3v) is 5.24. The Hall–Kier alpha value is -4.51. The van der Waals surface area contributed by atoms with Crippen molar-refractivity contribution in [1.82, 2.24) is 10.4 Å². The highest BCUT2D eigenvalue weighted by Gasteiger charge is 2.21. The molecule has 0 bridgehead atoms. The van der Waals surface area contributed by atoms with Crippen LogP contribution in [-0.4, -0.2) is 33.8 Å². The molecule has 0 fully saturated rings. The van der Waals surface area contributed by atoms with E-state index in [1.807, 2.05) is 18.2 Å². The molecular weight excluding hydrogens is 460 g/mol. The van der Waals surface area contributed by atoms with Crippen molar-refractivity contribution in [2.75, 3.05) is 5.75 Å². The Morgan fingerprint density at radius 1 is 1.09 bits per heavy atom. The first kappa shape index (κ1) is 22.7. The Bertz CT molecular complexity index is 1350. The minimum Gasteiger partial charge on any atom is -0.431 e. The number of nitro benzene ring substituents is 1. The molecule has 0 radical (unpaired) electrons. The molecule has 1 N–H and O–H groups in total. The summed E-state index contributed by atoms with van der Waals surface area (Å²) in [5.41, 5.74) is 3.95. The van der Waals surface area contributed by atoms with Crippen LogP contribution in [0.2, 0.25) is 0 Å². The predicted molar refractivity (Wildman–Crippen MR) is 125 cm³/mol. The third-order valence-electron chi connectivity index (χ3n) is 4.42.